The van der Waals surface area contributed by atoms with Gasteiger partial charge in [0.05, 0.1) is 16.9 Å². The van der Waals surface area contributed by atoms with Gasteiger partial charge in [-0.05, 0) is 54.4 Å². The van der Waals surface area contributed by atoms with E-state index in [0.29, 0.717) is 34.4 Å². The molecule has 0 atom stereocenters. The van der Waals surface area contributed by atoms with E-state index in [-0.39, 0.29) is 12.5 Å². The minimum Gasteiger partial charge on any atom is -0.484 e. The highest BCUT2D eigenvalue weighted by Gasteiger charge is 2.16. The number of aryl methyl sites for hydroxylation is 1. The number of fused-ring (bicyclic) bond motifs is 1. The van der Waals surface area contributed by atoms with Crippen LogP contribution in [0, 0.1) is 6.92 Å². The summed E-state index contributed by atoms with van der Waals surface area (Å²) in [5, 5.41) is 7.33. The summed E-state index contributed by atoms with van der Waals surface area (Å²) in [7, 11) is 0. The zero-order valence-electron chi connectivity index (χ0n) is 18.4. The molecular weight excluding hydrogens is 454 g/mol. The van der Waals surface area contributed by atoms with E-state index in [4.69, 9.17) is 16.3 Å². The Kier molecular flexibility index (Phi) is 7.19. The Balaban J connectivity index is 1.28. The molecule has 0 spiro atoms. The number of hydrazone groups is 1. The number of pyridine rings is 1. The molecule has 0 aliphatic rings. The molecule has 0 aliphatic heterocycles. The van der Waals surface area contributed by atoms with E-state index < -0.39 is 5.91 Å². The van der Waals surface area contributed by atoms with Gasteiger partial charge in [-0.1, -0.05) is 41.9 Å². The topological polar surface area (TPSA) is 97.1 Å². The van der Waals surface area contributed by atoms with Gasteiger partial charge in [-0.25, -0.2) is 10.4 Å². The predicted molar refractivity (Wildman–Crippen MR) is 130 cm³/mol. The van der Waals surface area contributed by atoms with Crippen molar-refractivity contribution in [1.82, 2.24) is 20.1 Å². The minimum absolute atomic E-state index is 0.0843. The summed E-state index contributed by atoms with van der Waals surface area (Å²) in [6, 6.07) is 20.1. The summed E-state index contributed by atoms with van der Waals surface area (Å²) in [6.45, 7) is 2.12. The van der Waals surface area contributed by atoms with E-state index in [1.807, 2.05) is 30.3 Å². The Morgan fingerprint density at radius 2 is 1.85 bits per heavy atom. The van der Waals surface area contributed by atoms with Crippen LogP contribution in [0.15, 0.2) is 78.0 Å². The van der Waals surface area contributed by atoms with Crippen molar-refractivity contribution in [2.45, 2.75) is 13.5 Å². The summed E-state index contributed by atoms with van der Waals surface area (Å²) in [5.41, 5.74) is 5.84. The predicted octanol–water partition coefficient (Wildman–Crippen LogP) is 3.76. The van der Waals surface area contributed by atoms with Crippen molar-refractivity contribution in [2.24, 2.45) is 5.10 Å². The lowest BCUT2D eigenvalue weighted by Crippen LogP contribution is -2.28. The SMILES string of the molecule is Cc1nc2ccc(Cl)cn2c1C(=O)N/N=C\c1ccc(OCC(=O)NCc2ccccc2)cc1. The molecule has 0 unspecified atom stereocenters. The number of amides is 2. The average molecular weight is 476 g/mol. The number of hydrogen-bond donors (Lipinski definition) is 2. The maximum Gasteiger partial charge on any atom is 0.290 e. The fourth-order valence-electron chi connectivity index (χ4n) is 3.27. The number of benzene rings is 2. The lowest BCUT2D eigenvalue weighted by molar-refractivity contribution is -0.123. The van der Waals surface area contributed by atoms with E-state index in [1.165, 1.54) is 6.21 Å². The molecule has 172 valence electrons. The van der Waals surface area contributed by atoms with E-state index in [0.717, 1.165) is 11.1 Å². The normalized spacial score (nSPS) is 11.0. The largest absolute Gasteiger partial charge is 0.484 e. The van der Waals surface area contributed by atoms with Gasteiger partial charge in [-0.2, -0.15) is 5.10 Å². The summed E-state index contributed by atoms with van der Waals surface area (Å²) in [4.78, 5) is 28.9. The van der Waals surface area contributed by atoms with Crippen molar-refractivity contribution in [3.63, 3.8) is 0 Å². The zero-order chi connectivity index (χ0) is 23.9. The molecule has 2 aromatic heterocycles. The minimum atomic E-state index is -0.398. The molecule has 2 amide bonds. The van der Waals surface area contributed by atoms with Crippen molar-refractivity contribution in [1.29, 1.82) is 0 Å². The number of nitrogens with one attached hydrogen (secondary N) is 2. The first kappa shape index (κ1) is 23.0. The second-order valence-corrected chi connectivity index (χ2v) is 7.88. The van der Waals surface area contributed by atoms with Crippen molar-refractivity contribution in [3.8, 4) is 5.75 Å². The van der Waals surface area contributed by atoms with Crippen molar-refractivity contribution >= 4 is 35.3 Å². The number of nitrogens with zero attached hydrogens (tertiary/aromatic N) is 3. The van der Waals surface area contributed by atoms with Gasteiger partial charge < -0.3 is 10.1 Å². The standard InChI is InChI=1S/C25H22ClN5O3/c1-17-24(31-15-20(26)9-12-22(31)29-17)25(33)30-28-14-19-7-10-21(11-8-19)34-16-23(32)27-13-18-5-3-2-4-6-18/h2-12,14-15H,13,16H2,1H3,(H,27,32)(H,30,33)/b28-14-. The maximum absolute atomic E-state index is 12.6. The van der Waals surface area contributed by atoms with Gasteiger partial charge in [0.15, 0.2) is 6.61 Å². The first-order valence-corrected chi connectivity index (χ1v) is 10.9. The lowest BCUT2D eigenvalue weighted by atomic mass is 10.2. The molecule has 9 heteroatoms. The fraction of sp³-hybridized carbons (Fsp3) is 0.120. The zero-order valence-corrected chi connectivity index (χ0v) is 19.1. The molecule has 0 fully saturated rings. The van der Waals surface area contributed by atoms with Gasteiger partial charge in [0, 0.05) is 12.7 Å². The van der Waals surface area contributed by atoms with Crippen molar-refractivity contribution < 1.29 is 14.3 Å². The van der Waals surface area contributed by atoms with Crippen LogP contribution in [0.4, 0.5) is 0 Å². The number of hydrogen-bond acceptors (Lipinski definition) is 5. The van der Waals surface area contributed by atoms with E-state index >= 15 is 0 Å². The molecule has 2 aromatic carbocycles. The molecule has 0 saturated heterocycles. The van der Waals surface area contributed by atoms with Gasteiger partial charge >= 0.3 is 0 Å². The van der Waals surface area contributed by atoms with E-state index in [2.05, 4.69) is 20.8 Å². The molecule has 8 nitrogen and oxygen atoms in total. The quantitative estimate of drug-likeness (QED) is 0.299. The highest BCUT2D eigenvalue weighted by atomic mass is 35.5. The Morgan fingerprint density at radius 1 is 1.09 bits per heavy atom. The Hall–Kier alpha value is -4.17. The molecule has 0 saturated carbocycles. The number of carbonyl (C=O) groups is 2. The van der Waals surface area contributed by atoms with Crippen LogP contribution in [0.1, 0.15) is 27.3 Å². The number of rotatable bonds is 8. The van der Waals surface area contributed by atoms with Crippen molar-refractivity contribution in [3.05, 3.63) is 100 Å². The number of imidazole rings is 1. The first-order valence-electron chi connectivity index (χ1n) is 10.5. The molecule has 4 aromatic rings. The van der Waals surface area contributed by atoms with Crippen LogP contribution in [0.3, 0.4) is 0 Å². The van der Waals surface area contributed by atoms with Gasteiger partial charge in [0.25, 0.3) is 11.8 Å². The third-order valence-electron chi connectivity index (χ3n) is 4.93. The van der Waals surface area contributed by atoms with Crippen LogP contribution in [0.2, 0.25) is 5.02 Å². The summed E-state index contributed by atoms with van der Waals surface area (Å²) < 4.78 is 7.15. The Bertz CT molecular complexity index is 1330. The van der Waals surface area contributed by atoms with Crippen LogP contribution in [0.5, 0.6) is 5.75 Å². The van der Waals surface area contributed by atoms with Crippen molar-refractivity contribution in [2.75, 3.05) is 6.61 Å². The molecule has 2 heterocycles. The van der Waals surface area contributed by atoms with Gasteiger partial charge in [0.1, 0.15) is 17.1 Å². The first-order chi connectivity index (χ1) is 16.5. The number of ether oxygens (including phenoxy) is 1. The van der Waals surface area contributed by atoms with Crippen LogP contribution in [-0.4, -0.2) is 34.0 Å². The third kappa shape index (κ3) is 5.79. The molecule has 0 radical (unpaired) electrons. The van der Waals surface area contributed by atoms with Crippen LogP contribution in [0.25, 0.3) is 5.65 Å². The highest BCUT2D eigenvalue weighted by molar-refractivity contribution is 6.30. The summed E-state index contributed by atoms with van der Waals surface area (Å²) >= 11 is 6.04. The monoisotopic (exact) mass is 475 g/mol. The van der Waals surface area contributed by atoms with Crippen LogP contribution < -0.4 is 15.5 Å². The summed E-state index contributed by atoms with van der Waals surface area (Å²) in [6.07, 6.45) is 3.15. The van der Waals surface area contributed by atoms with E-state index in [1.54, 1.807) is 53.9 Å². The molecule has 0 bridgehead atoms. The van der Waals surface area contributed by atoms with E-state index in [9.17, 15) is 9.59 Å². The smallest absolute Gasteiger partial charge is 0.290 e. The molecule has 2 N–H and O–H groups in total. The third-order valence-corrected chi connectivity index (χ3v) is 5.16. The second kappa shape index (κ2) is 10.6. The molecule has 4 rings (SSSR count). The average Bonchev–Trinajstić information content (AvgIpc) is 3.17. The number of halogens is 1. The Morgan fingerprint density at radius 3 is 2.62 bits per heavy atom. The van der Waals surface area contributed by atoms with Crippen LogP contribution in [-0.2, 0) is 11.3 Å². The second-order valence-electron chi connectivity index (χ2n) is 7.44. The van der Waals surface area contributed by atoms with Gasteiger partial charge in [0.2, 0.25) is 0 Å². The molecule has 34 heavy (non-hydrogen) atoms. The van der Waals surface area contributed by atoms with Gasteiger partial charge in [-0.3, -0.25) is 14.0 Å². The number of carbonyl (C=O) groups excluding carboxylic acids is 2. The maximum atomic E-state index is 12.6. The lowest BCUT2D eigenvalue weighted by Gasteiger charge is -2.08. The highest BCUT2D eigenvalue weighted by Crippen LogP contribution is 2.16. The van der Waals surface area contributed by atoms with Crippen LogP contribution >= 0.6 is 11.6 Å². The Labute approximate surface area is 201 Å². The van der Waals surface area contributed by atoms with Gasteiger partial charge in [-0.15, -0.1) is 0 Å². The summed E-state index contributed by atoms with van der Waals surface area (Å²) in [5.74, 6) is -0.0551. The fourth-order valence-corrected chi connectivity index (χ4v) is 3.44. The molecule has 0 aliphatic carbocycles. The molecular formula is C25H22ClN5O3. The number of aromatic nitrogens is 2.